The van der Waals surface area contributed by atoms with Gasteiger partial charge in [0.05, 0.1) is 12.3 Å². The molecule has 19 heavy (non-hydrogen) atoms. The van der Waals surface area contributed by atoms with Crippen molar-refractivity contribution in [3.63, 3.8) is 0 Å². The maximum atomic E-state index is 12.7. The minimum absolute atomic E-state index is 0.307. The van der Waals surface area contributed by atoms with Crippen molar-refractivity contribution in [3.05, 3.63) is 35.6 Å². The minimum atomic E-state index is -3.40. The molecule has 0 bridgehead atoms. The average molecular weight is 288 g/mol. The monoisotopic (exact) mass is 288 g/mol. The summed E-state index contributed by atoms with van der Waals surface area (Å²) in [6, 6.07) is 5.17. The molecule has 0 unspecified atom stereocenters. The third-order valence-corrected chi connectivity index (χ3v) is 3.19. The third-order valence-electron chi connectivity index (χ3n) is 2.41. The van der Waals surface area contributed by atoms with Gasteiger partial charge in [-0.3, -0.25) is 4.79 Å². The van der Waals surface area contributed by atoms with Crippen molar-refractivity contribution in [2.45, 2.75) is 19.4 Å². The van der Waals surface area contributed by atoms with E-state index >= 15 is 0 Å². The zero-order chi connectivity index (χ0) is 14.5. The molecule has 1 aromatic carbocycles. The molecule has 0 fully saturated rings. The van der Waals surface area contributed by atoms with Gasteiger partial charge in [-0.15, -0.1) is 0 Å². The van der Waals surface area contributed by atoms with Crippen molar-refractivity contribution in [3.8, 4) is 0 Å². The Balaban J connectivity index is 2.36. The molecule has 1 aromatic rings. The van der Waals surface area contributed by atoms with Gasteiger partial charge in [-0.2, -0.15) is 0 Å². The van der Waals surface area contributed by atoms with E-state index in [0.717, 1.165) is 11.8 Å². The first-order valence-corrected chi connectivity index (χ1v) is 7.66. The highest BCUT2D eigenvalue weighted by atomic mass is 32.2. The van der Waals surface area contributed by atoms with Crippen molar-refractivity contribution in [1.82, 2.24) is 10.0 Å². The van der Waals surface area contributed by atoms with Gasteiger partial charge in [0.25, 0.3) is 0 Å². The van der Waals surface area contributed by atoms with Crippen molar-refractivity contribution in [2.24, 2.45) is 0 Å². The average Bonchev–Trinajstić information content (AvgIpc) is 2.29. The molecule has 0 radical (unpaired) electrons. The summed E-state index contributed by atoms with van der Waals surface area (Å²) in [5.74, 6) is -0.703. The highest BCUT2D eigenvalue weighted by Gasteiger charge is 2.15. The molecule has 0 aromatic heterocycles. The van der Waals surface area contributed by atoms with Gasteiger partial charge in [-0.1, -0.05) is 12.1 Å². The second-order valence-corrected chi connectivity index (χ2v) is 6.06. The van der Waals surface area contributed by atoms with Gasteiger partial charge in [0.2, 0.25) is 15.9 Å². The summed E-state index contributed by atoms with van der Waals surface area (Å²) in [7, 11) is -3.40. The number of halogens is 1. The van der Waals surface area contributed by atoms with E-state index < -0.39 is 22.0 Å². The number of rotatable bonds is 6. The summed E-state index contributed by atoms with van der Waals surface area (Å²) in [4.78, 5) is 11.6. The number of carbonyl (C=O) groups excluding carboxylic acids is 1. The van der Waals surface area contributed by atoms with Crippen LogP contribution in [0.2, 0.25) is 0 Å². The van der Waals surface area contributed by atoms with Crippen LogP contribution in [0.25, 0.3) is 0 Å². The number of carbonyl (C=O) groups is 1. The van der Waals surface area contributed by atoms with E-state index in [-0.39, 0.29) is 5.82 Å². The Morgan fingerprint density at radius 2 is 1.89 bits per heavy atom. The Bertz CT molecular complexity index is 528. The molecule has 0 heterocycles. The summed E-state index contributed by atoms with van der Waals surface area (Å²) in [5, 5.41) is 2.61. The van der Waals surface area contributed by atoms with Gasteiger partial charge in [-0.25, -0.2) is 17.5 Å². The van der Waals surface area contributed by atoms with Gasteiger partial charge in [0.1, 0.15) is 5.82 Å². The lowest BCUT2D eigenvalue weighted by Crippen LogP contribution is -2.44. The number of nitrogens with one attached hydrogen (secondary N) is 2. The molecule has 0 aliphatic carbocycles. The molecule has 106 valence electrons. The number of benzene rings is 1. The van der Waals surface area contributed by atoms with E-state index in [2.05, 4.69) is 10.0 Å². The first-order valence-electron chi connectivity index (χ1n) is 5.77. The van der Waals surface area contributed by atoms with E-state index in [1.54, 1.807) is 12.1 Å². The molecule has 0 saturated carbocycles. The van der Waals surface area contributed by atoms with Crippen LogP contribution in [0.3, 0.4) is 0 Å². The molecule has 0 spiro atoms. The zero-order valence-corrected chi connectivity index (χ0v) is 11.6. The fraction of sp³-hybridized carbons (Fsp3) is 0.417. The predicted octanol–water partition coefficient (Wildman–Crippen LogP) is 0.422. The summed E-state index contributed by atoms with van der Waals surface area (Å²) >= 11 is 0. The lowest BCUT2D eigenvalue weighted by molar-refractivity contribution is -0.122. The second-order valence-electron chi connectivity index (χ2n) is 4.28. The highest BCUT2D eigenvalue weighted by molar-refractivity contribution is 7.88. The van der Waals surface area contributed by atoms with Crippen molar-refractivity contribution in [1.29, 1.82) is 0 Å². The summed E-state index contributed by atoms with van der Waals surface area (Å²) in [5.41, 5.74) is 0.894. The fourth-order valence-electron chi connectivity index (χ4n) is 1.51. The number of hydrogen-bond donors (Lipinski definition) is 2. The fourth-order valence-corrected chi connectivity index (χ4v) is 2.26. The second kappa shape index (κ2) is 6.63. The van der Waals surface area contributed by atoms with E-state index in [0.29, 0.717) is 13.0 Å². The van der Waals surface area contributed by atoms with Crippen molar-refractivity contribution < 1.29 is 17.6 Å². The van der Waals surface area contributed by atoms with Gasteiger partial charge in [0, 0.05) is 6.54 Å². The summed E-state index contributed by atoms with van der Waals surface area (Å²) < 4.78 is 36.7. The van der Waals surface area contributed by atoms with Crippen LogP contribution in [0.5, 0.6) is 0 Å². The van der Waals surface area contributed by atoms with Gasteiger partial charge in [-0.05, 0) is 31.0 Å². The van der Waals surface area contributed by atoms with E-state index in [9.17, 15) is 17.6 Å². The highest BCUT2D eigenvalue weighted by Crippen LogP contribution is 2.02. The smallest absolute Gasteiger partial charge is 0.237 e. The zero-order valence-electron chi connectivity index (χ0n) is 10.8. The first-order chi connectivity index (χ1) is 8.78. The molecule has 0 saturated heterocycles. The molecule has 1 atom stereocenters. The molecular weight excluding hydrogens is 271 g/mol. The first kappa shape index (κ1) is 15.6. The SMILES string of the molecule is C[C@@H](NS(C)(=O)=O)C(=O)NCCc1ccc(F)cc1. The number of sulfonamides is 1. The molecule has 0 aliphatic rings. The Morgan fingerprint density at radius 1 is 1.32 bits per heavy atom. The topological polar surface area (TPSA) is 75.3 Å². The third kappa shape index (κ3) is 6.30. The number of amides is 1. The van der Waals surface area contributed by atoms with Crippen LogP contribution in [0.15, 0.2) is 24.3 Å². The quantitative estimate of drug-likeness (QED) is 0.796. The lowest BCUT2D eigenvalue weighted by Gasteiger charge is -2.12. The van der Waals surface area contributed by atoms with Crippen LogP contribution in [0.1, 0.15) is 12.5 Å². The van der Waals surface area contributed by atoms with E-state index in [1.807, 2.05) is 0 Å². The molecule has 1 amide bonds. The molecule has 0 aliphatic heterocycles. The summed E-state index contributed by atoms with van der Waals surface area (Å²) in [6.07, 6.45) is 1.55. The van der Waals surface area contributed by atoms with Crippen LogP contribution in [0, 0.1) is 5.82 Å². The van der Waals surface area contributed by atoms with E-state index in [1.165, 1.54) is 19.1 Å². The van der Waals surface area contributed by atoms with Crippen LogP contribution < -0.4 is 10.0 Å². The Kier molecular flexibility index (Phi) is 5.44. The number of hydrogen-bond acceptors (Lipinski definition) is 3. The Hall–Kier alpha value is -1.47. The predicted molar refractivity (Wildman–Crippen MR) is 70.6 cm³/mol. The van der Waals surface area contributed by atoms with Crippen LogP contribution in [0.4, 0.5) is 4.39 Å². The van der Waals surface area contributed by atoms with Gasteiger partial charge < -0.3 is 5.32 Å². The van der Waals surface area contributed by atoms with Crippen LogP contribution in [-0.4, -0.2) is 33.2 Å². The van der Waals surface area contributed by atoms with Gasteiger partial charge in [0.15, 0.2) is 0 Å². The molecule has 1 rings (SSSR count). The largest absolute Gasteiger partial charge is 0.354 e. The Morgan fingerprint density at radius 3 is 2.42 bits per heavy atom. The lowest BCUT2D eigenvalue weighted by atomic mass is 10.1. The molecule has 5 nitrogen and oxygen atoms in total. The van der Waals surface area contributed by atoms with Crippen LogP contribution >= 0.6 is 0 Å². The van der Waals surface area contributed by atoms with Crippen molar-refractivity contribution >= 4 is 15.9 Å². The molecule has 7 heteroatoms. The maximum Gasteiger partial charge on any atom is 0.237 e. The van der Waals surface area contributed by atoms with Crippen molar-refractivity contribution in [2.75, 3.05) is 12.8 Å². The minimum Gasteiger partial charge on any atom is -0.354 e. The molecular formula is C12H17FN2O3S. The Labute approximate surface area is 112 Å². The van der Waals surface area contributed by atoms with E-state index in [4.69, 9.17) is 0 Å². The molecule has 2 N–H and O–H groups in total. The standard InChI is InChI=1S/C12H17FN2O3S/c1-9(15-19(2,17)18)12(16)14-8-7-10-3-5-11(13)6-4-10/h3-6,9,15H,7-8H2,1-2H3,(H,14,16)/t9-/m1/s1. The maximum absolute atomic E-state index is 12.7. The van der Waals surface area contributed by atoms with Crippen LogP contribution in [-0.2, 0) is 21.2 Å². The van der Waals surface area contributed by atoms with Gasteiger partial charge >= 0.3 is 0 Å². The normalized spacial score (nSPS) is 13.0. The summed E-state index contributed by atoms with van der Waals surface area (Å²) in [6.45, 7) is 1.83.